The highest BCUT2D eigenvalue weighted by atomic mass is 16.5. The molecular weight excluding hydrogens is 340 g/mol. The molecule has 142 valence electrons. The van der Waals surface area contributed by atoms with Crippen LogP contribution in [0, 0.1) is 11.8 Å². The molecule has 27 heavy (non-hydrogen) atoms. The molecule has 0 radical (unpaired) electrons. The molecule has 0 spiro atoms. The zero-order valence-corrected chi connectivity index (χ0v) is 15.7. The number of carboxylic acid groups (broad SMARTS) is 1. The maximum atomic E-state index is 11.2. The van der Waals surface area contributed by atoms with E-state index in [9.17, 15) is 9.90 Å². The molecule has 0 bridgehead atoms. The van der Waals surface area contributed by atoms with Gasteiger partial charge in [0.2, 0.25) is 0 Å². The minimum absolute atomic E-state index is 0.340. The lowest BCUT2D eigenvalue weighted by Gasteiger charge is -2.26. The number of rotatable bonds is 5. The lowest BCUT2D eigenvalue weighted by atomic mass is 9.83. The van der Waals surface area contributed by atoms with E-state index >= 15 is 0 Å². The minimum Gasteiger partial charge on any atom is -0.492 e. The number of anilines is 2. The second-order valence-electron chi connectivity index (χ2n) is 7.87. The van der Waals surface area contributed by atoms with Gasteiger partial charge in [-0.2, -0.15) is 0 Å². The normalized spacial score (nSPS) is 21.7. The summed E-state index contributed by atoms with van der Waals surface area (Å²) in [5.41, 5.74) is 3.46. The monoisotopic (exact) mass is 366 g/mol. The zero-order chi connectivity index (χ0) is 18.8. The van der Waals surface area contributed by atoms with Crippen LogP contribution in [0.1, 0.15) is 48.5 Å². The van der Waals surface area contributed by atoms with E-state index in [-0.39, 0.29) is 0 Å². The van der Waals surface area contributed by atoms with Gasteiger partial charge in [0.05, 0.1) is 30.3 Å². The number of ether oxygens (including phenoxy) is 1. The third kappa shape index (κ3) is 3.92. The van der Waals surface area contributed by atoms with Crippen LogP contribution in [-0.2, 0) is 6.42 Å². The molecule has 0 unspecified atom stereocenters. The molecule has 0 amide bonds. The maximum Gasteiger partial charge on any atom is 0.335 e. The Labute approximate surface area is 160 Å². The molecule has 2 aromatic rings. The van der Waals surface area contributed by atoms with Crippen LogP contribution in [-0.4, -0.2) is 29.2 Å². The van der Waals surface area contributed by atoms with Gasteiger partial charge in [0, 0.05) is 18.3 Å². The number of carboxylic acids is 1. The van der Waals surface area contributed by atoms with E-state index in [1.54, 1.807) is 18.3 Å². The smallest absolute Gasteiger partial charge is 0.335 e. The summed E-state index contributed by atoms with van der Waals surface area (Å²) in [6.07, 6.45) is 9.56. The molecule has 1 saturated carbocycles. The van der Waals surface area contributed by atoms with Gasteiger partial charge in [-0.15, -0.1) is 0 Å². The maximum absolute atomic E-state index is 11.2. The molecule has 0 saturated heterocycles. The lowest BCUT2D eigenvalue weighted by Crippen LogP contribution is -2.19. The summed E-state index contributed by atoms with van der Waals surface area (Å²) in [6.45, 7) is 3.91. The van der Waals surface area contributed by atoms with Gasteiger partial charge in [-0.1, -0.05) is 19.8 Å². The van der Waals surface area contributed by atoms with E-state index < -0.39 is 5.97 Å². The summed E-state index contributed by atoms with van der Waals surface area (Å²) in [5, 5.41) is 9.18. The Balaban J connectivity index is 1.45. The van der Waals surface area contributed by atoms with E-state index in [0.29, 0.717) is 11.5 Å². The third-order valence-corrected chi connectivity index (χ3v) is 5.85. The summed E-state index contributed by atoms with van der Waals surface area (Å²) >= 11 is 0. The molecule has 1 aliphatic carbocycles. The Bertz CT molecular complexity index is 828. The number of hydrogen-bond donors (Lipinski definition) is 1. The molecule has 4 rings (SSSR count). The minimum atomic E-state index is -0.884. The molecule has 2 heterocycles. The van der Waals surface area contributed by atoms with E-state index in [4.69, 9.17) is 4.74 Å². The van der Waals surface area contributed by atoms with Crippen molar-refractivity contribution in [2.75, 3.05) is 18.1 Å². The second-order valence-corrected chi connectivity index (χ2v) is 7.87. The first-order valence-electron chi connectivity index (χ1n) is 9.82. The number of aromatic nitrogens is 1. The molecule has 2 aliphatic rings. The lowest BCUT2D eigenvalue weighted by molar-refractivity contribution is 0.0697. The second kappa shape index (κ2) is 7.59. The summed E-state index contributed by atoms with van der Waals surface area (Å²) in [6, 6.07) is 7.37. The Morgan fingerprint density at radius 3 is 2.81 bits per heavy atom. The van der Waals surface area contributed by atoms with Crippen molar-refractivity contribution in [2.24, 2.45) is 11.8 Å². The van der Waals surface area contributed by atoms with Crippen LogP contribution in [0.2, 0.25) is 0 Å². The predicted octanol–water partition coefficient (Wildman–Crippen LogP) is 4.68. The third-order valence-electron chi connectivity index (χ3n) is 5.85. The largest absolute Gasteiger partial charge is 0.492 e. The molecule has 5 heteroatoms. The van der Waals surface area contributed by atoms with Crippen molar-refractivity contribution < 1.29 is 14.6 Å². The van der Waals surface area contributed by atoms with Crippen LogP contribution in [0.25, 0.3) is 0 Å². The molecule has 5 nitrogen and oxygen atoms in total. The van der Waals surface area contributed by atoms with E-state index in [0.717, 1.165) is 48.2 Å². The molecule has 1 N–H and O–H groups in total. The van der Waals surface area contributed by atoms with Gasteiger partial charge in [0.15, 0.2) is 0 Å². The van der Waals surface area contributed by atoms with Crippen LogP contribution in [0.3, 0.4) is 0 Å². The van der Waals surface area contributed by atoms with Crippen LogP contribution in [0.4, 0.5) is 11.4 Å². The summed E-state index contributed by atoms with van der Waals surface area (Å²) < 4.78 is 6.05. The van der Waals surface area contributed by atoms with Gasteiger partial charge in [-0.25, -0.2) is 4.79 Å². The molecule has 1 fully saturated rings. The predicted molar refractivity (Wildman–Crippen MR) is 105 cm³/mol. The fourth-order valence-electron chi connectivity index (χ4n) is 4.15. The number of hydrogen-bond acceptors (Lipinski definition) is 4. The van der Waals surface area contributed by atoms with E-state index in [2.05, 4.69) is 16.8 Å². The number of pyridine rings is 1. The number of aromatic carboxylic acids is 1. The molecule has 1 aromatic carbocycles. The van der Waals surface area contributed by atoms with Crippen molar-refractivity contribution in [3.8, 4) is 5.75 Å². The zero-order valence-electron chi connectivity index (χ0n) is 15.7. The molecule has 0 atom stereocenters. The highest BCUT2D eigenvalue weighted by Gasteiger charge is 2.23. The molecule has 1 aliphatic heterocycles. The highest BCUT2D eigenvalue weighted by Crippen LogP contribution is 2.36. The standard InChI is InChI=1S/C22H26N2O3/c1-15-2-4-16(5-3-15)14-27-20-11-19(12-23-13-20)24-9-8-17-10-18(22(25)26)6-7-21(17)24/h6-7,10-13,15-16H,2-5,8-9,14H2,1H3,(H,25,26)/t15-,16-. The average molecular weight is 366 g/mol. The Kier molecular flexibility index (Phi) is 5.01. The Morgan fingerprint density at radius 2 is 2.04 bits per heavy atom. The molecular formula is C22H26N2O3. The van der Waals surface area contributed by atoms with Crippen LogP contribution < -0.4 is 9.64 Å². The van der Waals surface area contributed by atoms with Crippen molar-refractivity contribution in [1.82, 2.24) is 4.98 Å². The van der Waals surface area contributed by atoms with Gasteiger partial charge in [0.25, 0.3) is 0 Å². The summed E-state index contributed by atoms with van der Waals surface area (Å²) in [7, 11) is 0. The number of nitrogens with zero attached hydrogens (tertiary/aromatic N) is 2. The van der Waals surface area contributed by atoms with Gasteiger partial charge in [0.1, 0.15) is 5.75 Å². The quantitative estimate of drug-likeness (QED) is 0.832. The first kappa shape index (κ1) is 17.8. The number of benzene rings is 1. The number of carbonyl (C=O) groups is 1. The Morgan fingerprint density at radius 1 is 1.22 bits per heavy atom. The fourth-order valence-corrected chi connectivity index (χ4v) is 4.15. The number of fused-ring (bicyclic) bond motifs is 1. The van der Waals surface area contributed by atoms with Crippen LogP contribution in [0.5, 0.6) is 5.75 Å². The van der Waals surface area contributed by atoms with Crippen molar-refractivity contribution in [1.29, 1.82) is 0 Å². The van der Waals surface area contributed by atoms with E-state index in [1.807, 2.05) is 18.3 Å². The highest BCUT2D eigenvalue weighted by molar-refractivity contribution is 5.89. The van der Waals surface area contributed by atoms with Gasteiger partial charge >= 0.3 is 5.97 Å². The van der Waals surface area contributed by atoms with Gasteiger partial charge in [-0.3, -0.25) is 4.98 Å². The fraction of sp³-hybridized carbons (Fsp3) is 0.455. The van der Waals surface area contributed by atoms with Crippen molar-refractivity contribution in [3.63, 3.8) is 0 Å². The summed E-state index contributed by atoms with van der Waals surface area (Å²) in [4.78, 5) is 17.7. The van der Waals surface area contributed by atoms with Crippen molar-refractivity contribution >= 4 is 17.3 Å². The summed E-state index contributed by atoms with van der Waals surface area (Å²) in [5.74, 6) is 1.42. The first-order valence-corrected chi connectivity index (χ1v) is 9.82. The molecule has 1 aromatic heterocycles. The average Bonchev–Trinajstić information content (AvgIpc) is 3.11. The van der Waals surface area contributed by atoms with Crippen LogP contribution >= 0.6 is 0 Å². The SMILES string of the molecule is C[C@H]1CC[C@H](COc2cncc(N3CCc4cc(C(=O)O)ccc43)c2)CC1. The van der Waals surface area contributed by atoms with Crippen LogP contribution in [0.15, 0.2) is 36.7 Å². The van der Waals surface area contributed by atoms with Crippen molar-refractivity contribution in [2.45, 2.75) is 39.0 Å². The topological polar surface area (TPSA) is 62.7 Å². The van der Waals surface area contributed by atoms with Crippen molar-refractivity contribution in [3.05, 3.63) is 47.8 Å². The van der Waals surface area contributed by atoms with Gasteiger partial charge in [-0.05, 0) is 54.9 Å². The van der Waals surface area contributed by atoms with Gasteiger partial charge < -0.3 is 14.7 Å². The Hall–Kier alpha value is -2.56. The first-order chi connectivity index (χ1) is 13.1. The van der Waals surface area contributed by atoms with E-state index in [1.165, 1.54) is 25.7 Å².